The van der Waals surface area contributed by atoms with Crippen LogP contribution in [0.3, 0.4) is 0 Å². The lowest BCUT2D eigenvalue weighted by molar-refractivity contribution is -0.176. The van der Waals surface area contributed by atoms with Crippen LogP contribution in [-0.4, -0.2) is 88.9 Å². The lowest BCUT2D eigenvalue weighted by atomic mass is 9.85. The molecule has 0 bridgehead atoms. The normalized spacial score (nSPS) is 28.5. The van der Waals surface area contributed by atoms with Gasteiger partial charge in [-0.3, -0.25) is 24.0 Å². The first-order valence-corrected chi connectivity index (χ1v) is 13.5. The highest BCUT2D eigenvalue weighted by Gasteiger charge is 2.70. The summed E-state index contributed by atoms with van der Waals surface area (Å²) in [6, 6.07) is -4.10. The second kappa shape index (κ2) is 10.7. The van der Waals surface area contributed by atoms with Crippen molar-refractivity contribution in [1.29, 1.82) is 0 Å². The maximum absolute atomic E-state index is 13.8. The molecule has 15 heteroatoms. The number of carbonyl (C=O) groups excluding carboxylic acids is 5. The molecule has 0 radical (unpaired) electrons. The summed E-state index contributed by atoms with van der Waals surface area (Å²) in [5.74, 6) is -6.23. The monoisotopic (exact) mass is 593 g/mol. The Morgan fingerprint density at radius 2 is 1.75 bits per heavy atom. The Balaban J connectivity index is 1.92. The summed E-state index contributed by atoms with van der Waals surface area (Å²) < 4.78 is 39.2. The number of rotatable bonds is 8. The summed E-state index contributed by atoms with van der Waals surface area (Å²) in [6.45, 7) is 8.74. The van der Waals surface area contributed by atoms with Gasteiger partial charge in [0.1, 0.15) is 12.1 Å². The highest BCUT2D eigenvalue weighted by atomic mass is 32.1. The van der Waals surface area contributed by atoms with Gasteiger partial charge < -0.3 is 31.3 Å². The number of nitrogens with one attached hydrogen (secondary N) is 4. The van der Waals surface area contributed by atoms with Crippen LogP contribution in [0, 0.1) is 28.6 Å². The van der Waals surface area contributed by atoms with Crippen LogP contribution in [0.25, 0.3) is 0 Å². The van der Waals surface area contributed by atoms with Crippen LogP contribution in [-0.2, 0) is 24.0 Å². The molecule has 3 fully saturated rings. The molecule has 1 aliphatic carbocycles. The Kier molecular flexibility index (Phi) is 8.55. The van der Waals surface area contributed by atoms with E-state index >= 15 is 0 Å². The van der Waals surface area contributed by atoms with Gasteiger partial charge in [-0.25, -0.2) is 0 Å². The van der Waals surface area contributed by atoms with Crippen LogP contribution < -0.4 is 21.3 Å². The van der Waals surface area contributed by atoms with E-state index in [9.17, 15) is 42.3 Å². The number of carbonyl (C=O) groups is 5. The molecule has 0 aromatic carbocycles. The minimum absolute atomic E-state index is 0.0688. The molecule has 0 spiro atoms. The molecule has 0 aromatic rings. The molecular formula is C25H38F3N5O6S. The van der Waals surface area contributed by atoms with Gasteiger partial charge in [0.25, 0.3) is 5.91 Å². The summed E-state index contributed by atoms with van der Waals surface area (Å²) in [4.78, 5) is 62.7. The number of amides is 5. The molecule has 5 N–H and O–H groups in total. The Hall–Kier alpha value is -2.55. The van der Waals surface area contributed by atoms with Gasteiger partial charge in [0.2, 0.25) is 22.7 Å². The molecule has 40 heavy (non-hydrogen) atoms. The van der Waals surface area contributed by atoms with E-state index in [4.69, 9.17) is 0 Å². The first-order valence-electron chi connectivity index (χ1n) is 13.1. The fourth-order valence-electron chi connectivity index (χ4n) is 5.92. The van der Waals surface area contributed by atoms with Crippen molar-refractivity contribution in [3.05, 3.63) is 0 Å². The van der Waals surface area contributed by atoms with Crippen molar-refractivity contribution in [3.63, 3.8) is 0 Å². The van der Waals surface area contributed by atoms with Gasteiger partial charge >= 0.3 is 12.1 Å². The second-order valence-corrected chi connectivity index (χ2v) is 13.2. The van der Waals surface area contributed by atoms with E-state index in [1.165, 1.54) is 32.7 Å². The maximum atomic E-state index is 13.8. The number of hydrogen-bond donors (Lipinski definition) is 6. The van der Waals surface area contributed by atoms with E-state index in [0.29, 0.717) is 13.0 Å². The third-order valence-corrected chi connectivity index (χ3v) is 8.97. The maximum Gasteiger partial charge on any atom is 0.471 e. The Bertz CT molecular complexity index is 1080. The number of aliphatic hydroxyl groups is 1. The fourth-order valence-corrected chi connectivity index (χ4v) is 6.20. The molecule has 2 saturated heterocycles. The number of halogens is 3. The second-order valence-electron chi connectivity index (χ2n) is 12.5. The number of hydrogen-bond acceptors (Lipinski definition) is 7. The Morgan fingerprint density at radius 3 is 2.23 bits per heavy atom. The molecule has 5 amide bonds. The van der Waals surface area contributed by atoms with Crippen molar-refractivity contribution in [2.24, 2.45) is 28.6 Å². The highest BCUT2D eigenvalue weighted by molar-refractivity contribution is 7.82. The molecule has 3 aliphatic rings. The number of piperidine rings is 1. The van der Waals surface area contributed by atoms with E-state index in [-0.39, 0.29) is 36.1 Å². The number of alkyl halides is 3. The van der Waals surface area contributed by atoms with Crippen molar-refractivity contribution in [2.45, 2.75) is 76.7 Å². The number of nitrogens with zero attached hydrogens (tertiary/aromatic N) is 1. The van der Waals surface area contributed by atoms with E-state index in [2.05, 4.69) is 28.6 Å². The van der Waals surface area contributed by atoms with Gasteiger partial charge in [-0.05, 0) is 35.5 Å². The SMILES string of the molecule is CNC(=O)[C@@](O)(S)[C@H](C[C@@H]1CCNC1=O)NC(=O)[C@@H]1[C@@H]2[C@H](CN1C(=O)[C@@H](NC(=O)C(F)(F)F)C(C)(C)C)C2(C)C. The predicted octanol–water partition coefficient (Wildman–Crippen LogP) is -0.0620. The molecule has 0 aromatic heterocycles. The van der Waals surface area contributed by atoms with E-state index in [1.54, 1.807) is 5.32 Å². The van der Waals surface area contributed by atoms with E-state index in [1.807, 2.05) is 13.8 Å². The predicted molar refractivity (Wildman–Crippen MR) is 139 cm³/mol. The molecule has 11 nitrogen and oxygen atoms in total. The molecule has 1 saturated carbocycles. The number of thiol groups is 1. The molecule has 226 valence electrons. The van der Waals surface area contributed by atoms with Crippen molar-refractivity contribution in [2.75, 3.05) is 20.1 Å². The van der Waals surface area contributed by atoms with Gasteiger partial charge in [-0.15, -0.1) is 12.6 Å². The van der Waals surface area contributed by atoms with Gasteiger partial charge in [0.05, 0.1) is 6.04 Å². The number of fused-ring (bicyclic) bond motifs is 1. The van der Waals surface area contributed by atoms with Gasteiger partial charge in [0.15, 0.2) is 0 Å². The standard InChI is InChI=1S/C25H38F3N5O6S/c1-22(2,3)16(32-21(38)25(26,27)28)19(36)33-10-12-14(23(12,4)5)15(33)18(35)31-13(24(39,40)20(37)29-6)9-11-7-8-30-17(11)34/h11-16,39-40H,7-10H2,1-6H3,(H,29,37)(H,30,34)(H,31,35)(H,32,38)/t11-,12-,13-,14-,15-,16+,24-/m0/s1. The number of likely N-dealkylation sites (N-methyl/N-ethyl adjacent to an activating group) is 1. The summed E-state index contributed by atoms with van der Waals surface area (Å²) in [5.41, 5.74) is -1.51. The average Bonchev–Trinajstić information content (AvgIpc) is 3.18. The zero-order chi connectivity index (χ0) is 30.6. The average molecular weight is 594 g/mol. The van der Waals surface area contributed by atoms with Crippen molar-refractivity contribution in [3.8, 4) is 0 Å². The summed E-state index contributed by atoms with van der Waals surface area (Å²) in [6.07, 6.45) is -4.94. The van der Waals surface area contributed by atoms with Gasteiger partial charge in [0, 0.05) is 26.1 Å². The van der Waals surface area contributed by atoms with Crippen molar-refractivity contribution < 1.29 is 42.3 Å². The van der Waals surface area contributed by atoms with E-state index in [0.717, 1.165) is 0 Å². The molecular weight excluding hydrogens is 555 g/mol. The topological polar surface area (TPSA) is 157 Å². The lowest BCUT2D eigenvalue weighted by Crippen LogP contribution is -2.63. The molecule has 2 heterocycles. The zero-order valence-corrected chi connectivity index (χ0v) is 24.2. The summed E-state index contributed by atoms with van der Waals surface area (Å²) in [5, 5.41) is 20.3. The molecule has 2 aliphatic heterocycles. The van der Waals surface area contributed by atoms with Crippen LogP contribution >= 0.6 is 12.6 Å². The van der Waals surface area contributed by atoms with Gasteiger partial charge in [-0.1, -0.05) is 34.6 Å². The smallest absolute Gasteiger partial charge is 0.369 e. The fraction of sp³-hybridized carbons (Fsp3) is 0.800. The zero-order valence-electron chi connectivity index (χ0n) is 23.3. The van der Waals surface area contributed by atoms with Crippen LogP contribution in [0.2, 0.25) is 0 Å². The minimum atomic E-state index is -5.22. The van der Waals surface area contributed by atoms with Crippen LogP contribution in [0.15, 0.2) is 0 Å². The quantitative estimate of drug-likeness (QED) is 0.171. The van der Waals surface area contributed by atoms with Gasteiger partial charge in [-0.2, -0.15) is 13.2 Å². The third-order valence-electron chi connectivity index (χ3n) is 8.45. The van der Waals surface area contributed by atoms with Crippen LogP contribution in [0.4, 0.5) is 13.2 Å². The molecule has 7 atom stereocenters. The number of likely N-dealkylation sites (tertiary alicyclic amines) is 1. The van der Waals surface area contributed by atoms with Crippen molar-refractivity contribution >= 4 is 42.2 Å². The Morgan fingerprint density at radius 1 is 1.15 bits per heavy atom. The molecule has 3 rings (SSSR count). The van der Waals surface area contributed by atoms with Crippen LogP contribution in [0.5, 0.6) is 0 Å². The first-order chi connectivity index (χ1) is 18.1. The lowest BCUT2D eigenvalue weighted by Gasteiger charge is -2.39. The highest BCUT2D eigenvalue weighted by Crippen LogP contribution is 2.65. The molecule has 0 unspecified atom stereocenters. The van der Waals surface area contributed by atoms with Crippen LogP contribution in [0.1, 0.15) is 47.5 Å². The Labute approximate surface area is 236 Å². The minimum Gasteiger partial charge on any atom is -0.369 e. The van der Waals surface area contributed by atoms with E-state index < -0.39 is 64.2 Å². The third kappa shape index (κ3) is 6.04. The first kappa shape index (κ1) is 32.0. The summed E-state index contributed by atoms with van der Waals surface area (Å²) in [7, 11) is 1.27. The van der Waals surface area contributed by atoms with Crippen molar-refractivity contribution in [1.82, 2.24) is 26.2 Å². The largest absolute Gasteiger partial charge is 0.471 e. The summed E-state index contributed by atoms with van der Waals surface area (Å²) >= 11 is 4.10.